The van der Waals surface area contributed by atoms with Gasteiger partial charge in [0.15, 0.2) is 0 Å². The van der Waals surface area contributed by atoms with Gasteiger partial charge in [-0.3, -0.25) is 0 Å². The number of aliphatic carboxylic acids is 1. The van der Waals surface area contributed by atoms with Crippen molar-refractivity contribution < 1.29 is 31.9 Å². The molecule has 0 unspecified atom stereocenters. The summed E-state index contributed by atoms with van der Waals surface area (Å²) in [7, 11) is 0. The lowest BCUT2D eigenvalue weighted by Gasteiger charge is -2.14. The molecule has 1 aromatic heterocycles. The Morgan fingerprint density at radius 2 is 1.82 bits per heavy atom. The van der Waals surface area contributed by atoms with Crippen molar-refractivity contribution in [2.75, 3.05) is 0 Å². The Labute approximate surface area is 95.8 Å². The van der Waals surface area contributed by atoms with E-state index in [0.29, 0.717) is 0 Å². The quantitative estimate of drug-likeness (QED) is 0.667. The van der Waals surface area contributed by atoms with E-state index >= 15 is 0 Å². The fraction of sp³-hybridized carbons (Fsp3) is 0.250. The molecule has 17 heavy (non-hydrogen) atoms. The minimum atomic E-state index is -4.92. The average molecular weight is 276 g/mol. The van der Waals surface area contributed by atoms with Crippen molar-refractivity contribution in [3.05, 3.63) is 28.5 Å². The third-order valence-corrected chi connectivity index (χ3v) is 2.07. The molecule has 1 rings (SSSR count). The Bertz CT molecular complexity index is 460. The Balaban J connectivity index is 3.39. The molecule has 1 heterocycles. The number of halogens is 6. The van der Waals surface area contributed by atoms with Crippen molar-refractivity contribution in [3.63, 3.8) is 0 Å². The van der Waals surface area contributed by atoms with Crippen LogP contribution in [0.15, 0.2) is 12.3 Å². The van der Waals surface area contributed by atoms with Gasteiger partial charge in [0.25, 0.3) is 0 Å². The number of nitrogens with zero attached hydrogens (tertiary/aromatic N) is 1. The standard InChI is InChI=1S/C8H3ClF5NO2/c9-5-4(7(10,11)6(16)17)1-3(2-15-5)8(12,13)14/h1-2H,(H,16,17). The third-order valence-electron chi connectivity index (χ3n) is 1.77. The predicted octanol–water partition coefficient (Wildman–Crippen LogP) is 2.93. The van der Waals surface area contributed by atoms with Gasteiger partial charge in [-0.25, -0.2) is 9.78 Å². The first-order chi connectivity index (χ1) is 7.56. The van der Waals surface area contributed by atoms with E-state index in [1.165, 1.54) is 0 Å². The van der Waals surface area contributed by atoms with Crippen LogP contribution in [-0.4, -0.2) is 16.1 Å². The maximum atomic E-state index is 13.0. The second-order valence-corrected chi connectivity index (χ2v) is 3.30. The van der Waals surface area contributed by atoms with Crippen molar-refractivity contribution in [1.29, 1.82) is 0 Å². The molecule has 94 valence electrons. The van der Waals surface area contributed by atoms with Crippen LogP contribution in [0.3, 0.4) is 0 Å². The summed E-state index contributed by atoms with van der Waals surface area (Å²) in [5.74, 6) is -7.15. The Morgan fingerprint density at radius 1 is 1.29 bits per heavy atom. The van der Waals surface area contributed by atoms with Gasteiger partial charge in [0.05, 0.1) is 11.1 Å². The predicted molar refractivity (Wildman–Crippen MR) is 45.8 cm³/mol. The lowest BCUT2D eigenvalue weighted by atomic mass is 10.1. The van der Waals surface area contributed by atoms with Gasteiger partial charge >= 0.3 is 18.1 Å². The van der Waals surface area contributed by atoms with E-state index in [1.807, 2.05) is 0 Å². The molecule has 9 heteroatoms. The molecule has 0 bridgehead atoms. The van der Waals surface area contributed by atoms with E-state index in [9.17, 15) is 26.7 Å². The van der Waals surface area contributed by atoms with Crippen LogP contribution in [0.4, 0.5) is 22.0 Å². The highest BCUT2D eigenvalue weighted by Crippen LogP contribution is 2.37. The molecular weight excluding hydrogens is 273 g/mol. The zero-order valence-corrected chi connectivity index (χ0v) is 8.48. The third kappa shape index (κ3) is 2.63. The lowest BCUT2D eigenvalue weighted by molar-refractivity contribution is -0.166. The van der Waals surface area contributed by atoms with Crippen molar-refractivity contribution in [1.82, 2.24) is 4.98 Å². The molecule has 0 aliphatic rings. The zero-order valence-electron chi connectivity index (χ0n) is 7.73. The SMILES string of the molecule is O=C(O)C(F)(F)c1cc(C(F)(F)F)cnc1Cl. The largest absolute Gasteiger partial charge is 0.477 e. The number of hydrogen-bond donors (Lipinski definition) is 1. The van der Waals surface area contributed by atoms with Gasteiger partial charge in [0.2, 0.25) is 0 Å². The molecular formula is C8H3ClF5NO2. The lowest BCUT2D eigenvalue weighted by Crippen LogP contribution is -2.26. The van der Waals surface area contributed by atoms with Crippen molar-refractivity contribution in [2.45, 2.75) is 12.1 Å². The number of carboxylic acids is 1. The van der Waals surface area contributed by atoms with Crippen LogP contribution >= 0.6 is 11.6 Å². The monoisotopic (exact) mass is 275 g/mol. The average Bonchev–Trinajstić information content (AvgIpc) is 2.15. The van der Waals surface area contributed by atoms with Crippen LogP contribution < -0.4 is 0 Å². The summed E-state index contributed by atoms with van der Waals surface area (Å²) in [6.45, 7) is 0. The smallest absolute Gasteiger partial charge is 0.417 e. The molecule has 0 aliphatic heterocycles. The number of carbonyl (C=O) groups is 1. The fourth-order valence-corrected chi connectivity index (χ4v) is 1.16. The molecule has 0 saturated heterocycles. The first-order valence-electron chi connectivity index (χ1n) is 3.91. The van der Waals surface area contributed by atoms with E-state index in [-0.39, 0.29) is 12.3 Å². The molecule has 0 spiro atoms. The molecule has 0 aromatic carbocycles. The molecule has 0 atom stereocenters. The summed E-state index contributed by atoms with van der Waals surface area (Å²) in [5, 5.41) is 7.20. The number of alkyl halides is 5. The molecule has 3 nitrogen and oxygen atoms in total. The summed E-state index contributed by atoms with van der Waals surface area (Å²) in [5.41, 5.74) is -3.00. The molecule has 0 radical (unpaired) electrons. The van der Waals surface area contributed by atoms with Gasteiger partial charge in [-0.05, 0) is 6.07 Å². The Hall–Kier alpha value is -1.44. The van der Waals surface area contributed by atoms with Crippen LogP contribution in [0.25, 0.3) is 0 Å². The highest BCUT2D eigenvalue weighted by molar-refractivity contribution is 6.30. The summed E-state index contributed by atoms with van der Waals surface area (Å²) < 4.78 is 62.7. The molecule has 1 N–H and O–H groups in total. The fourth-order valence-electron chi connectivity index (χ4n) is 0.938. The minimum Gasteiger partial charge on any atom is -0.477 e. The van der Waals surface area contributed by atoms with E-state index in [4.69, 9.17) is 16.7 Å². The molecule has 0 saturated carbocycles. The first-order valence-corrected chi connectivity index (χ1v) is 4.29. The summed E-state index contributed by atoms with van der Waals surface area (Å²) >= 11 is 5.15. The molecule has 0 amide bonds. The van der Waals surface area contributed by atoms with Crippen LogP contribution in [-0.2, 0) is 16.9 Å². The molecule has 0 fully saturated rings. The van der Waals surface area contributed by atoms with Crippen LogP contribution in [0, 0.1) is 0 Å². The van der Waals surface area contributed by atoms with Gasteiger partial charge in [-0.2, -0.15) is 22.0 Å². The van der Waals surface area contributed by atoms with Crippen molar-refractivity contribution >= 4 is 17.6 Å². The van der Waals surface area contributed by atoms with Gasteiger partial charge in [-0.1, -0.05) is 11.6 Å². The van der Waals surface area contributed by atoms with Crippen LogP contribution in [0.5, 0.6) is 0 Å². The topological polar surface area (TPSA) is 50.2 Å². The van der Waals surface area contributed by atoms with E-state index in [1.54, 1.807) is 0 Å². The van der Waals surface area contributed by atoms with Gasteiger partial charge in [0, 0.05) is 6.20 Å². The molecule has 1 aromatic rings. The summed E-state index contributed by atoms with van der Waals surface area (Å²) in [6.07, 6.45) is -4.68. The second-order valence-electron chi connectivity index (χ2n) is 2.94. The van der Waals surface area contributed by atoms with Gasteiger partial charge in [-0.15, -0.1) is 0 Å². The van der Waals surface area contributed by atoms with E-state index in [0.717, 1.165) is 0 Å². The Kier molecular flexibility index (Phi) is 3.28. The highest BCUT2D eigenvalue weighted by atomic mass is 35.5. The Morgan fingerprint density at radius 3 is 2.24 bits per heavy atom. The van der Waals surface area contributed by atoms with Crippen molar-refractivity contribution in [3.8, 4) is 0 Å². The summed E-state index contributed by atoms with van der Waals surface area (Å²) in [6, 6.07) is -0.0382. The maximum Gasteiger partial charge on any atom is 0.417 e. The van der Waals surface area contributed by atoms with Gasteiger partial charge in [0.1, 0.15) is 5.15 Å². The summed E-state index contributed by atoms with van der Waals surface area (Å²) in [4.78, 5) is 13.1. The number of pyridine rings is 1. The maximum absolute atomic E-state index is 13.0. The highest BCUT2D eigenvalue weighted by Gasteiger charge is 2.45. The van der Waals surface area contributed by atoms with E-state index < -0.39 is 34.3 Å². The number of hydrogen-bond acceptors (Lipinski definition) is 2. The molecule has 0 aliphatic carbocycles. The number of rotatable bonds is 2. The van der Waals surface area contributed by atoms with E-state index in [2.05, 4.69) is 4.98 Å². The van der Waals surface area contributed by atoms with Crippen LogP contribution in [0.1, 0.15) is 11.1 Å². The normalized spacial score (nSPS) is 12.6. The van der Waals surface area contributed by atoms with Crippen molar-refractivity contribution in [2.24, 2.45) is 0 Å². The first kappa shape index (κ1) is 13.6. The minimum absolute atomic E-state index is 0.0382. The van der Waals surface area contributed by atoms with Gasteiger partial charge < -0.3 is 5.11 Å². The number of carboxylic acid groups (broad SMARTS) is 1. The second kappa shape index (κ2) is 4.10. The van der Waals surface area contributed by atoms with Crippen LogP contribution in [0.2, 0.25) is 5.15 Å². The number of aromatic nitrogens is 1. The zero-order chi connectivity index (χ0) is 13.4.